The Hall–Kier alpha value is -3.73. The summed E-state index contributed by atoms with van der Waals surface area (Å²) in [5.74, 6) is 0.387. The Balaban J connectivity index is 1.58. The van der Waals surface area contributed by atoms with E-state index in [1.807, 2.05) is 0 Å². The SMILES string of the molecule is CCC(CC(/C1=C/CCCCCC1)P(c1ccccc1)c1ccccc1)C(c1ccccc1)(c1ccccc1)c1ccccc1. The fourth-order valence-electron chi connectivity index (χ4n) is 7.86. The molecule has 0 saturated heterocycles. The van der Waals surface area contributed by atoms with Gasteiger partial charge in [0.05, 0.1) is 0 Å². The van der Waals surface area contributed by atoms with E-state index in [0.29, 0.717) is 11.6 Å². The van der Waals surface area contributed by atoms with Crippen molar-refractivity contribution in [2.24, 2.45) is 5.92 Å². The van der Waals surface area contributed by atoms with Gasteiger partial charge >= 0.3 is 0 Å². The molecule has 0 N–H and O–H groups in total. The molecular formula is C44H47P. The van der Waals surface area contributed by atoms with E-state index in [1.165, 1.54) is 65.8 Å². The van der Waals surface area contributed by atoms with Gasteiger partial charge in [-0.3, -0.25) is 0 Å². The summed E-state index contributed by atoms with van der Waals surface area (Å²) in [6.07, 6.45) is 12.6. The smallest absolute Gasteiger partial charge is 0.0479 e. The van der Waals surface area contributed by atoms with Gasteiger partial charge in [0.15, 0.2) is 0 Å². The topological polar surface area (TPSA) is 0 Å². The van der Waals surface area contributed by atoms with Crippen molar-refractivity contribution in [3.05, 3.63) is 180 Å². The fraction of sp³-hybridized carbons (Fsp3) is 0.273. The highest BCUT2D eigenvalue weighted by Crippen LogP contribution is 2.54. The molecule has 0 heterocycles. The van der Waals surface area contributed by atoms with Gasteiger partial charge in [0.1, 0.15) is 0 Å². The standard InChI is InChI=1S/C44H47P/c1-2-37(44(38-25-13-6-14-26-38,39-27-15-7-16-28-39)40-29-17-8-18-30-40)35-43(36-23-11-4-3-5-12-24-36)45(41-31-19-9-20-32-41)42-33-21-10-22-34-42/h6-10,13-23,25-34,37,43H,2-5,11-12,24,35H2,1H3/b36-23+. The van der Waals surface area contributed by atoms with Gasteiger partial charge < -0.3 is 0 Å². The summed E-state index contributed by atoms with van der Waals surface area (Å²) >= 11 is 0. The first-order valence-electron chi connectivity index (χ1n) is 17.1. The van der Waals surface area contributed by atoms with Crippen molar-refractivity contribution in [3.8, 4) is 0 Å². The maximum Gasteiger partial charge on any atom is 0.0479 e. The molecule has 1 aliphatic carbocycles. The summed E-state index contributed by atoms with van der Waals surface area (Å²) in [6.45, 7) is 2.44. The zero-order valence-electron chi connectivity index (χ0n) is 26.8. The van der Waals surface area contributed by atoms with E-state index in [1.54, 1.807) is 5.57 Å². The molecule has 0 nitrogen and oxygen atoms in total. The maximum atomic E-state index is 2.67. The van der Waals surface area contributed by atoms with Gasteiger partial charge in [-0.25, -0.2) is 0 Å². The molecule has 2 atom stereocenters. The number of rotatable bonds is 11. The van der Waals surface area contributed by atoms with E-state index in [-0.39, 0.29) is 5.41 Å². The van der Waals surface area contributed by atoms with Gasteiger partial charge in [0.25, 0.3) is 0 Å². The minimum atomic E-state index is -0.618. The zero-order chi connectivity index (χ0) is 30.7. The maximum absolute atomic E-state index is 2.67. The first kappa shape index (κ1) is 31.3. The Kier molecular flexibility index (Phi) is 10.8. The normalized spacial score (nSPS) is 16.6. The van der Waals surface area contributed by atoms with Gasteiger partial charge in [-0.15, -0.1) is 0 Å². The van der Waals surface area contributed by atoms with E-state index >= 15 is 0 Å². The van der Waals surface area contributed by atoms with Crippen molar-refractivity contribution in [3.63, 3.8) is 0 Å². The number of benzene rings is 5. The highest BCUT2D eigenvalue weighted by Gasteiger charge is 2.45. The summed E-state index contributed by atoms with van der Waals surface area (Å²) in [5.41, 5.74) is 6.07. The van der Waals surface area contributed by atoms with Crippen molar-refractivity contribution in [2.45, 2.75) is 69.4 Å². The molecule has 228 valence electrons. The van der Waals surface area contributed by atoms with Gasteiger partial charge in [0, 0.05) is 11.1 Å². The van der Waals surface area contributed by atoms with E-state index in [9.17, 15) is 0 Å². The molecule has 0 fully saturated rings. The monoisotopic (exact) mass is 606 g/mol. The third-order valence-corrected chi connectivity index (χ3v) is 12.8. The molecular weight excluding hydrogens is 559 g/mol. The molecule has 5 aromatic rings. The van der Waals surface area contributed by atoms with Crippen LogP contribution in [0.25, 0.3) is 0 Å². The molecule has 1 aliphatic rings. The highest BCUT2D eigenvalue weighted by molar-refractivity contribution is 7.73. The van der Waals surface area contributed by atoms with Crippen LogP contribution < -0.4 is 10.6 Å². The van der Waals surface area contributed by atoms with Crippen molar-refractivity contribution in [1.82, 2.24) is 0 Å². The van der Waals surface area contributed by atoms with Gasteiger partial charge in [-0.1, -0.05) is 189 Å². The van der Waals surface area contributed by atoms with Gasteiger partial charge in [-0.2, -0.15) is 0 Å². The van der Waals surface area contributed by atoms with Crippen LogP contribution in [0.15, 0.2) is 163 Å². The van der Waals surface area contributed by atoms with Crippen LogP contribution in [0, 0.1) is 5.92 Å². The first-order valence-corrected chi connectivity index (χ1v) is 18.5. The van der Waals surface area contributed by atoms with Crippen LogP contribution in [0.4, 0.5) is 0 Å². The number of allylic oxidation sites excluding steroid dienone is 2. The minimum absolute atomic E-state index is 0.270. The zero-order valence-corrected chi connectivity index (χ0v) is 27.7. The lowest BCUT2D eigenvalue weighted by atomic mass is 9.59. The molecule has 2 unspecified atom stereocenters. The lowest BCUT2D eigenvalue weighted by Gasteiger charge is -2.45. The van der Waals surface area contributed by atoms with Crippen LogP contribution in [0.5, 0.6) is 0 Å². The highest BCUT2D eigenvalue weighted by atomic mass is 31.1. The molecule has 0 saturated carbocycles. The Morgan fingerprint density at radius 3 is 1.40 bits per heavy atom. The molecule has 0 aromatic heterocycles. The third-order valence-electron chi connectivity index (χ3n) is 9.93. The second kappa shape index (κ2) is 15.5. The Morgan fingerprint density at radius 2 is 0.956 bits per heavy atom. The van der Waals surface area contributed by atoms with E-state index in [0.717, 1.165) is 12.8 Å². The van der Waals surface area contributed by atoms with Crippen LogP contribution >= 0.6 is 7.92 Å². The second-order valence-corrected chi connectivity index (χ2v) is 14.9. The van der Waals surface area contributed by atoms with E-state index in [4.69, 9.17) is 0 Å². The summed E-state index contributed by atoms with van der Waals surface area (Å²) in [7, 11) is -0.618. The summed E-state index contributed by atoms with van der Waals surface area (Å²) in [6, 6.07) is 57.1. The summed E-state index contributed by atoms with van der Waals surface area (Å²) in [5, 5.41) is 2.98. The van der Waals surface area contributed by atoms with Crippen LogP contribution in [0.2, 0.25) is 0 Å². The number of hydrogen-bond acceptors (Lipinski definition) is 0. The Bertz CT molecular complexity index is 1460. The molecule has 0 spiro atoms. The lowest BCUT2D eigenvalue weighted by Crippen LogP contribution is -2.40. The van der Waals surface area contributed by atoms with Crippen molar-refractivity contribution in [2.75, 3.05) is 0 Å². The van der Waals surface area contributed by atoms with Crippen LogP contribution in [0.3, 0.4) is 0 Å². The Morgan fingerprint density at radius 1 is 0.533 bits per heavy atom. The first-order chi connectivity index (χ1) is 22.3. The quantitative estimate of drug-likeness (QED) is 0.0797. The predicted octanol–water partition coefficient (Wildman–Crippen LogP) is 11.2. The van der Waals surface area contributed by atoms with Gasteiger partial charge in [-0.05, 0) is 73.2 Å². The summed E-state index contributed by atoms with van der Waals surface area (Å²) in [4.78, 5) is 0. The molecule has 0 bridgehead atoms. The van der Waals surface area contributed by atoms with Crippen LogP contribution in [-0.4, -0.2) is 5.66 Å². The lowest BCUT2D eigenvalue weighted by molar-refractivity contribution is 0.337. The fourth-order valence-corrected chi connectivity index (χ4v) is 10.9. The van der Waals surface area contributed by atoms with Crippen LogP contribution in [-0.2, 0) is 5.41 Å². The molecule has 0 amide bonds. The molecule has 0 aliphatic heterocycles. The minimum Gasteiger partial charge on any atom is -0.0847 e. The largest absolute Gasteiger partial charge is 0.0847 e. The van der Waals surface area contributed by atoms with E-state index in [2.05, 4.69) is 165 Å². The third kappa shape index (κ3) is 6.93. The van der Waals surface area contributed by atoms with Crippen LogP contribution in [0.1, 0.15) is 75.0 Å². The molecule has 0 radical (unpaired) electrons. The average Bonchev–Trinajstić information content (AvgIpc) is 3.10. The van der Waals surface area contributed by atoms with Crippen molar-refractivity contribution in [1.29, 1.82) is 0 Å². The summed E-state index contributed by atoms with van der Waals surface area (Å²) < 4.78 is 0. The van der Waals surface area contributed by atoms with Crippen molar-refractivity contribution < 1.29 is 0 Å². The predicted molar refractivity (Wildman–Crippen MR) is 196 cm³/mol. The second-order valence-electron chi connectivity index (χ2n) is 12.5. The Labute approximate surface area is 273 Å². The molecule has 1 heteroatoms. The molecule has 45 heavy (non-hydrogen) atoms. The van der Waals surface area contributed by atoms with E-state index < -0.39 is 7.92 Å². The van der Waals surface area contributed by atoms with Gasteiger partial charge in [0.2, 0.25) is 0 Å². The average molecular weight is 607 g/mol. The molecule has 6 rings (SSSR count). The van der Waals surface area contributed by atoms with Crippen molar-refractivity contribution >= 4 is 18.5 Å². The number of hydrogen-bond donors (Lipinski definition) is 0. The molecule has 5 aromatic carbocycles.